The maximum atomic E-state index is 12.3. The van der Waals surface area contributed by atoms with Crippen molar-refractivity contribution in [3.8, 4) is 0 Å². The van der Waals surface area contributed by atoms with Crippen LogP contribution in [0.25, 0.3) is 0 Å². The lowest BCUT2D eigenvalue weighted by Gasteiger charge is -2.38. The van der Waals surface area contributed by atoms with Gasteiger partial charge in [0.1, 0.15) is 4.21 Å². The summed E-state index contributed by atoms with van der Waals surface area (Å²) in [5, 5.41) is 0. The molecule has 0 aromatic carbocycles. The summed E-state index contributed by atoms with van der Waals surface area (Å²) in [6, 6.07) is 3.12. The third-order valence-corrected chi connectivity index (χ3v) is 7.46. The van der Waals surface area contributed by atoms with E-state index in [-0.39, 0.29) is 4.21 Å². The number of sulfonamides is 1. The van der Waals surface area contributed by atoms with Gasteiger partial charge >= 0.3 is 0 Å². The first kappa shape index (κ1) is 15.6. The number of hydrogen-bond acceptors (Lipinski definition) is 3. The van der Waals surface area contributed by atoms with Crippen LogP contribution < -0.4 is 4.72 Å². The Labute approximate surface area is 128 Å². The third kappa shape index (κ3) is 3.64. The van der Waals surface area contributed by atoms with Gasteiger partial charge in [0.25, 0.3) is 10.0 Å². The smallest absolute Gasteiger partial charge is 0.206 e. The summed E-state index contributed by atoms with van der Waals surface area (Å²) in [6.45, 7) is 2.19. The summed E-state index contributed by atoms with van der Waals surface area (Å²) in [7, 11) is -3.53. The maximum Gasteiger partial charge on any atom is 0.250 e. The van der Waals surface area contributed by atoms with Crippen LogP contribution >= 0.6 is 34.5 Å². The standard InChI is InChI=1S/C12H17Cl2NO2S2/c1-9-4-6-12(8-13,7-5-9)15-19(16,17)11-3-2-10(14)18-11/h2-3,9,15H,4-8H2,1H3. The minimum absolute atomic E-state index is 0.251. The van der Waals surface area contributed by atoms with Gasteiger partial charge in [-0.05, 0) is 43.7 Å². The number of nitrogens with one attached hydrogen (secondary N) is 1. The first-order valence-electron chi connectivity index (χ1n) is 6.22. The average Bonchev–Trinajstić information content (AvgIpc) is 2.80. The highest BCUT2D eigenvalue weighted by atomic mass is 35.5. The summed E-state index contributed by atoms with van der Waals surface area (Å²) >= 11 is 12.9. The molecule has 0 aliphatic heterocycles. The van der Waals surface area contributed by atoms with Gasteiger partial charge in [-0.15, -0.1) is 22.9 Å². The second-order valence-electron chi connectivity index (χ2n) is 5.26. The van der Waals surface area contributed by atoms with Gasteiger partial charge in [0, 0.05) is 11.4 Å². The molecule has 0 bridgehead atoms. The van der Waals surface area contributed by atoms with E-state index >= 15 is 0 Å². The van der Waals surface area contributed by atoms with Crippen LogP contribution in [-0.4, -0.2) is 19.8 Å². The molecule has 0 saturated heterocycles. The normalized spacial score (nSPS) is 28.5. The van der Waals surface area contributed by atoms with E-state index in [1.165, 1.54) is 6.07 Å². The minimum atomic E-state index is -3.53. The Hall–Kier alpha value is 0.190. The molecule has 0 spiro atoms. The Balaban J connectivity index is 2.18. The van der Waals surface area contributed by atoms with Crippen LogP contribution in [-0.2, 0) is 10.0 Å². The predicted octanol–water partition coefficient (Wildman–Crippen LogP) is 3.87. The first-order valence-corrected chi connectivity index (χ1v) is 9.43. The van der Waals surface area contributed by atoms with E-state index in [1.54, 1.807) is 6.07 Å². The summed E-state index contributed by atoms with van der Waals surface area (Å²) in [5.41, 5.74) is -0.511. The van der Waals surface area contributed by atoms with E-state index in [2.05, 4.69) is 11.6 Å². The van der Waals surface area contributed by atoms with Crippen molar-refractivity contribution in [1.29, 1.82) is 0 Å². The van der Waals surface area contributed by atoms with Gasteiger partial charge in [-0.3, -0.25) is 0 Å². The summed E-state index contributed by atoms with van der Waals surface area (Å²) in [5.74, 6) is 0.940. The van der Waals surface area contributed by atoms with Gasteiger partial charge in [-0.25, -0.2) is 13.1 Å². The van der Waals surface area contributed by atoms with Gasteiger partial charge in [-0.1, -0.05) is 18.5 Å². The van der Waals surface area contributed by atoms with Crippen molar-refractivity contribution in [1.82, 2.24) is 4.72 Å². The van der Waals surface area contributed by atoms with Crippen molar-refractivity contribution in [2.24, 2.45) is 5.92 Å². The zero-order chi connectivity index (χ0) is 14.1. The van der Waals surface area contributed by atoms with E-state index in [1.807, 2.05) is 0 Å². The molecule has 1 aromatic heterocycles. The van der Waals surface area contributed by atoms with Crippen LogP contribution in [0.1, 0.15) is 32.6 Å². The Morgan fingerprint density at radius 1 is 1.42 bits per heavy atom. The second-order valence-corrected chi connectivity index (χ2v) is 9.15. The van der Waals surface area contributed by atoms with Gasteiger partial charge in [-0.2, -0.15) is 0 Å². The molecule has 0 unspecified atom stereocenters. The van der Waals surface area contributed by atoms with Crippen LogP contribution in [0.5, 0.6) is 0 Å². The van der Waals surface area contributed by atoms with Crippen molar-refractivity contribution in [3.63, 3.8) is 0 Å². The minimum Gasteiger partial charge on any atom is -0.206 e. The number of hydrogen-bond donors (Lipinski definition) is 1. The van der Waals surface area contributed by atoms with Crippen LogP contribution in [0.15, 0.2) is 16.3 Å². The molecule has 19 heavy (non-hydrogen) atoms. The molecule has 0 amide bonds. The van der Waals surface area contributed by atoms with Crippen molar-refractivity contribution >= 4 is 44.6 Å². The third-order valence-electron chi connectivity index (χ3n) is 3.65. The molecular weight excluding hydrogens is 325 g/mol. The molecule has 1 aliphatic rings. The molecule has 0 atom stereocenters. The zero-order valence-electron chi connectivity index (χ0n) is 10.7. The predicted molar refractivity (Wildman–Crippen MR) is 80.7 cm³/mol. The quantitative estimate of drug-likeness (QED) is 0.845. The second kappa shape index (κ2) is 5.90. The van der Waals surface area contributed by atoms with E-state index in [0.717, 1.165) is 37.0 Å². The highest BCUT2D eigenvalue weighted by molar-refractivity contribution is 7.91. The Morgan fingerprint density at radius 3 is 2.53 bits per heavy atom. The highest BCUT2D eigenvalue weighted by Crippen LogP contribution is 2.35. The van der Waals surface area contributed by atoms with Crippen LogP contribution in [0.4, 0.5) is 0 Å². The molecule has 3 nitrogen and oxygen atoms in total. The Morgan fingerprint density at radius 2 is 2.05 bits per heavy atom. The van der Waals surface area contributed by atoms with Gasteiger partial charge in [0.2, 0.25) is 0 Å². The molecule has 1 fully saturated rings. The largest absolute Gasteiger partial charge is 0.250 e. The maximum absolute atomic E-state index is 12.3. The van der Waals surface area contributed by atoms with Crippen LogP contribution in [0.2, 0.25) is 4.34 Å². The molecule has 108 valence electrons. The molecule has 1 N–H and O–H groups in total. The molecule has 7 heteroatoms. The number of alkyl halides is 1. The van der Waals surface area contributed by atoms with Crippen molar-refractivity contribution in [3.05, 3.63) is 16.5 Å². The lowest BCUT2D eigenvalue weighted by Crippen LogP contribution is -2.51. The van der Waals surface area contributed by atoms with Crippen LogP contribution in [0.3, 0.4) is 0 Å². The average molecular weight is 342 g/mol. The molecule has 0 radical (unpaired) electrons. The monoisotopic (exact) mass is 341 g/mol. The number of thiophene rings is 1. The number of halogens is 2. The zero-order valence-corrected chi connectivity index (χ0v) is 13.8. The fourth-order valence-electron chi connectivity index (χ4n) is 2.36. The molecule has 2 rings (SSSR count). The van der Waals surface area contributed by atoms with E-state index < -0.39 is 15.6 Å². The van der Waals surface area contributed by atoms with Crippen molar-refractivity contribution < 1.29 is 8.42 Å². The number of rotatable bonds is 4. The summed E-state index contributed by atoms with van der Waals surface area (Å²) < 4.78 is 28.2. The van der Waals surface area contributed by atoms with Gasteiger partial charge < -0.3 is 0 Å². The fraction of sp³-hybridized carbons (Fsp3) is 0.667. The lowest BCUT2D eigenvalue weighted by molar-refractivity contribution is 0.247. The van der Waals surface area contributed by atoms with Gasteiger partial charge in [0.15, 0.2) is 0 Å². The molecular formula is C12H17Cl2NO2S2. The molecule has 1 aromatic rings. The van der Waals surface area contributed by atoms with E-state index in [9.17, 15) is 8.42 Å². The summed E-state index contributed by atoms with van der Waals surface area (Å²) in [6.07, 6.45) is 3.58. The van der Waals surface area contributed by atoms with E-state index in [4.69, 9.17) is 23.2 Å². The lowest BCUT2D eigenvalue weighted by atomic mass is 9.79. The molecule has 1 aliphatic carbocycles. The first-order chi connectivity index (χ1) is 8.87. The highest BCUT2D eigenvalue weighted by Gasteiger charge is 2.37. The Bertz CT molecular complexity index is 534. The van der Waals surface area contributed by atoms with Crippen molar-refractivity contribution in [2.75, 3.05) is 5.88 Å². The topological polar surface area (TPSA) is 46.2 Å². The fourth-order valence-corrected chi connectivity index (χ4v) is 5.71. The SMILES string of the molecule is CC1CCC(CCl)(NS(=O)(=O)c2ccc(Cl)s2)CC1. The molecule has 1 saturated carbocycles. The summed E-state index contributed by atoms with van der Waals surface area (Å²) in [4.78, 5) is 0. The van der Waals surface area contributed by atoms with Crippen molar-refractivity contribution in [2.45, 2.75) is 42.4 Å². The van der Waals surface area contributed by atoms with Gasteiger partial charge in [0.05, 0.1) is 4.34 Å². The van der Waals surface area contributed by atoms with Crippen LogP contribution in [0, 0.1) is 5.92 Å². The molecule has 1 heterocycles. The Kier molecular flexibility index (Phi) is 4.83. The van der Waals surface area contributed by atoms with E-state index in [0.29, 0.717) is 16.1 Å².